The number of quaternary nitrogens is 1. The summed E-state index contributed by atoms with van der Waals surface area (Å²) in [5.74, 6) is 0.498. The Hall–Kier alpha value is -2.53. The summed E-state index contributed by atoms with van der Waals surface area (Å²) in [4.78, 5) is 32.1. The van der Waals surface area contributed by atoms with E-state index in [9.17, 15) is 9.59 Å². The van der Waals surface area contributed by atoms with Crippen molar-refractivity contribution in [3.63, 3.8) is 0 Å². The van der Waals surface area contributed by atoms with E-state index in [1.54, 1.807) is 0 Å². The highest BCUT2D eigenvalue weighted by Crippen LogP contribution is 2.24. The quantitative estimate of drug-likeness (QED) is 0.843. The third-order valence-corrected chi connectivity index (χ3v) is 5.73. The van der Waals surface area contributed by atoms with Gasteiger partial charge in [0, 0.05) is 25.2 Å². The Labute approximate surface area is 153 Å². The van der Waals surface area contributed by atoms with Crippen molar-refractivity contribution in [2.45, 2.75) is 37.8 Å². The number of hydrogen-bond acceptors (Lipinski definition) is 3. The lowest BCUT2D eigenvalue weighted by Gasteiger charge is -2.32. The predicted molar refractivity (Wildman–Crippen MR) is 97.3 cm³/mol. The standard InChI is InChI=1S/C21H23N3O2/c25-20-14-19(21(26)24(20)15-16-4-2-1-3-5-16)23-12-8-18(9-13-23)17-6-10-22-11-7-17/h1-7,10-11,18-19H,8-9,12-15H2/p+1/t19-/m0/s1. The maximum atomic E-state index is 12.8. The van der Waals surface area contributed by atoms with Gasteiger partial charge >= 0.3 is 0 Å². The molecular formula is C21H24N3O2+. The zero-order valence-electron chi connectivity index (χ0n) is 14.8. The number of carbonyl (C=O) groups excluding carboxylic acids is 2. The molecule has 1 N–H and O–H groups in total. The van der Waals surface area contributed by atoms with E-state index in [1.165, 1.54) is 15.4 Å². The number of carbonyl (C=O) groups is 2. The summed E-state index contributed by atoms with van der Waals surface area (Å²) in [7, 11) is 0. The molecule has 2 amide bonds. The molecule has 2 saturated heterocycles. The molecule has 5 heteroatoms. The molecule has 2 aromatic rings. The van der Waals surface area contributed by atoms with Crippen molar-refractivity contribution in [2.75, 3.05) is 13.1 Å². The topological polar surface area (TPSA) is 54.7 Å². The number of pyridine rings is 1. The third-order valence-electron chi connectivity index (χ3n) is 5.73. The van der Waals surface area contributed by atoms with Gasteiger partial charge in [0.15, 0.2) is 6.04 Å². The van der Waals surface area contributed by atoms with Gasteiger partial charge in [-0.1, -0.05) is 30.3 Å². The van der Waals surface area contributed by atoms with Crippen molar-refractivity contribution in [1.29, 1.82) is 0 Å². The average molecular weight is 350 g/mol. The minimum absolute atomic E-state index is 0.00351. The smallest absolute Gasteiger partial charge is 0.288 e. The van der Waals surface area contributed by atoms with Gasteiger partial charge in [0.2, 0.25) is 5.91 Å². The Morgan fingerprint density at radius 2 is 1.69 bits per heavy atom. The van der Waals surface area contributed by atoms with Gasteiger partial charge in [-0.15, -0.1) is 0 Å². The number of piperidine rings is 1. The van der Waals surface area contributed by atoms with Crippen LogP contribution in [0.3, 0.4) is 0 Å². The molecule has 0 spiro atoms. The second-order valence-corrected chi connectivity index (χ2v) is 7.27. The zero-order chi connectivity index (χ0) is 17.9. The lowest BCUT2D eigenvalue weighted by atomic mass is 9.89. The van der Waals surface area contributed by atoms with E-state index in [2.05, 4.69) is 17.1 Å². The number of imide groups is 1. The summed E-state index contributed by atoms with van der Waals surface area (Å²) in [6.45, 7) is 2.27. The normalized spacial score (nSPS) is 26.3. The largest absolute Gasteiger partial charge is 0.324 e. The SMILES string of the molecule is O=C1C[C@H]([NH+]2CCC(c3ccncc3)CC2)C(=O)N1Cc1ccccc1. The zero-order valence-corrected chi connectivity index (χ0v) is 14.8. The first-order chi connectivity index (χ1) is 12.7. The van der Waals surface area contributed by atoms with Crippen LogP contribution in [0, 0.1) is 0 Å². The molecule has 4 rings (SSSR count). The van der Waals surface area contributed by atoms with Crippen LogP contribution < -0.4 is 4.90 Å². The summed E-state index contributed by atoms with van der Waals surface area (Å²) in [5.41, 5.74) is 2.33. The molecule has 1 aromatic heterocycles. The van der Waals surface area contributed by atoms with Crippen molar-refractivity contribution >= 4 is 11.8 Å². The van der Waals surface area contributed by atoms with Crippen LogP contribution in [0.2, 0.25) is 0 Å². The van der Waals surface area contributed by atoms with Crippen LogP contribution in [0.15, 0.2) is 54.9 Å². The van der Waals surface area contributed by atoms with Gasteiger partial charge in [-0.3, -0.25) is 19.5 Å². The number of benzene rings is 1. The molecule has 0 unspecified atom stereocenters. The van der Waals surface area contributed by atoms with Gasteiger partial charge in [-0.25, -0.2) is 0 Å². The van der Waals surface area contributed by atoms with E-state index >= 15 is 0 Å². The van der Waals surface area contributed by atoms with E-state index in [-0.39, 0.29) is 17.9 Å². The Morgan fingerprint density at radius 3 is 2.38 bits per heavy atom. The molecule has 2 aliphatic rings. The highest BCUT2D eigenvalue weighted by Gasteiger charge is 2.45. The molecule has 0 radical (unpaired) electrons. The van der Waals surface area contributed by atoms with Crippen molar-refractivity contribution < 1.29 is 14.5 Å². The van der Waals surface area contributed by atoms with Gasteiger partial charge in [-0.05, 0) is 29.2 Å². The Morgan fingerprint density at radius 1 is 1.00 bits per heavy atom. The number of aromatic nitrogens is 1. The van der Waals surface area contributed by atoms with Crippen LogP contribution in [-0.2, 0) is 16.1 Å². The van der Waals surface area contributed by atoms with E-state index in [1.807, 2.05) is 42.7 Å². The van der Waals surface area contributed by atoms with Gasteiger partial charge in [0.05, 0.1) is 26.1 Å². The van der Waals surface area contributed by atoms with E-state index in [0.717, 1.165) is 31.5 Å². The van der Waals surface area contributed by atoms with Gasteiger partial charge in [0.25, 0.3) is 5.91 Å². The number of hydrogen-bond donors (Lipinski definition) is 1. The first-order valence-electron chi connectivity index (χ1n) is 9.35. The third kappa shape index (κ3) is 3.40. The second kappa shape index (κ2) is 7.38. The number of nitrogens with zero attached hydrogens (tertiary/aromatic N) is 2. The fraction of sp³-hybridized carbons (Fsp3) is 0.381. The van der Waals surface area contributed by atoms with Crippen LogP contribution in [0.5, 0.6) is 0 Å². The van der Waals surface area contributed by atoms with Crippen LogP contribution in [0.25, 0.3) is 0 Å². The molecule has 134 valence electrons. The summed E-state index contributed by atoms with van der Waals surface area (Å²) in [5, 5.41) is 0. The van der Waals surface area contributed by atoms with E-state index < -0.39 is 0 Å². The van der Waals surface area contributed by atoms with Crippen LogP contribution >= 0.6 is 0 Å². The maximum absolute atomic E-state index is 12.8. The average Bonchev–Trinajstić information content (AvgIpc) is 2.98. The summed E-state index contributed by atoms with van der Waals surface area (Å²) in [6, 6.07) is 13.7. The molecule has 0 aliphatic carbocycles. The highest BCUT2D eigenvalue weighted by molar-refractivity contribution is 6.04. The monoisotopic (exact) mass is 350 g/mol. The van der Waals surface area contributed by atoms with Crippen LogP contribution in [-0.4, -0.2) is 40.8 Å². The van der Waals surface area contributed by atoms with E-state index in [0.29, 0.717) is 18.9 Å². The molecule has 2 aliphatic heterocycles. The lowest BCUT2D eigenvalue weighted by molar-refractivity contribution is -0.920. The molecule has 2 fully saturated rings. The Balaban J connectivity index is 1.38. The first-order valence-corrected chi connectivity index (χ1v) is 9.35. The fourth-order valence-electron chi connectivity index (χ4n) is 4.24. The summed E-state index contributed by atoms with van der Waals surface area (Å²) < 4.78 is 0. The molecule has 5 nitrogen and oxygen atoms in total. The number of amides is 2. The molecule has 3 heterocycles. The molecule has 26 heavy (non-hydrogen) atoms. The molecule has 1 atom stereocenters. The van der Waals surface area contributed by atoms with Crippen molar-refractivity contribution in [3.05, 3.63) is 66.0 Å². The van der Waals surface area contributed by atoms with Crippen molar-refractivity contribution in [2.24, 2.45) is 0 Å². The van der Waals surface area contributed by atoms with Crippen molar-refractivity contribution in [3.8, 4) is 0 Å². The highest BCUT2D eigenvalue weighted by atomic mass is 16.2. The molecule has 1 aromatic carbocycles. The molecule has 0 saturated carbocycles. The van der Waals surface area contributed by atoms with Gasteiger partial charge < -0.3 is 4.90 Å². The Bertz CT molecular complexity index is 770. The second-order valence-electron chi connectivity index (χ2n) is 7.27. The summed E-state index contributed by atoms with van der Waals surface area (Å²) in [6.07, 6.45) is 6.14. The maximum Gasteiger partial charge on any atom is 0.288 e. The summed E-state index contributed by atoms with van der Waals surface area (Å²) >= 11 is 0. The number of nitrogens with one attached hydrogen (secondary N) is 1. The van der Waals surface area contributed by atoms with E-state index in [4.69, 9.17) is 0 Å². The van der Waals surface area contributed by atoms with Crippen LogP contribution in [0.1, 0.15) is 36.3 Å². The van der Waals surface area contributed by atoms with Crippen molar-refractivity contribution in [1.82, 2.24) is 9.88 Å². The number of rotatable bonds is 4. The predicted octanol–water partition coefficient (Wildman–Crippen LogP) is 1.17. The lowest BCUT2D eigenvalue weighted by Crippen LogP contribution is -3.17. The van der Waals surface area contributed by atoms with Crippen LogP contribution in [0.4, 0.5) is 0 Å². The number of likely N-dealkylation sites (tertiary alicyclic amines) is 2. The Kier molecular flexibility index (Phi) is 4.80. The molecule has 0 bridgehead atoms. The first kappa shape index (κ1) is 16.9. The molecular weight excluding hydrogens is 326 g/mol. The minimum Gasteiger partial charge on any atom is -0.324 e. The van der Waals surface area contributed by atoms with Gasteiger partial charge in [-0.2, -0.15) is 0 Å². The minimum atomic E-state index is -0.204. The van der Waals surface area contributed by atoms with Gasteiger partial charge in [0.1, 0.15) is 0 Å². The fourth-order valence-corrected chi connectivity index (χ4v) is 4.24.